The Labute approximate surface area is 134 Å². The standard InChI is InChI=1S/C17H20BrNS/c1-2-16(19)11-14-10-15(18)8-9-17(14)20-12-13-6-4-3-5-7-13/h3-10,16H,2,11-12,19H2,1H3. The smallest absolute Gasteiger partial charge is 0.0232 e. The van der Waals surface area contributed by atoms with Crippen LogP contribution in [0.25, 0.3) is 0 Å². The van der Waals surface area contributed by atoms with Gasteiger partial charge in [0, 0.05) is 21.2 Å². The minimum atomic E-state index is 0.236. The molecule has 0 fully saturated rings. The van der Waals surface area contributed by atoms with Gasteiger partial charge in [0.25, 0.3) is 0 Å². The van der Waals surface area contributed by atoms with Crippen LogP contribution in [-0.2, 0) is 12.2 Å². The second kappa shape index (κ2) is 7.87. The zero-order chi connectivity index (χ0) is 14.4. The number of thioether (sulfide) groups is 1. The molecule has 0 aliphatic rings. The SMILES string of the molecule is CCC(N)Cc1cc(Br)ccc1SCc1ccccc1. The third-order valence-electron chi connectivity index (χ3n) is 3.27. The van der Waals surface area contributed by atoms with Gasteiger partial charge in [-0.2, -0.15) is 0 Å². The number of halogens is 1. The average Bonchev–Trinajstić information content (AvgIpc) is 2.47. The van der Waals surface area contributed by atoms with Crippen molar-refractivity contribution < 1.29 is 0 Å². The Hall–Kier alpha value is -0.770. The first-order valence-electron chi connectivity index (χ1n) is 6.89. The zero-order valence-electron chi connectivity index (χ0n) is 11.7. The fraction of sp³-hybridized carbons (Fsp3) is 0.294. The molecule has 0 saturated heterocycles. The molecular formula is C17H20BrNS. The maximum Gasteiger partial charge on any atom is 0.0232 e. The van der Waals surface area contributed by atoms with Crippen molar-refractivity contribution in [2.45, 2.75) is 36.5 Å². The van der Waals surface area contributed by atoms with E-state index in [1.54, 1.807) is 0 Å². The molecule has 0 aliphatic heterocycles. The lowest BCUT2D eigenvalue weighted by Gasteiger charge is -2.13. The van der Waals surface area contributed by atoms with Crippen LogP contribution in [0.3, 0.4) is 0 Å². The van der Waals surface area contributed by atoms with Gasteiger partial charge in [-0.3, -0.25) is 0 Å². The normalized spacial score (nSPS) is 12.3. The van der Waals surface area contributed by atoms with Gasteiger partial charge in [-0.1, -0.05) is 53.2 Å². The van der Waals surface area contributed by atoms with Crippen molar-refractivity contribution in [3.05, 3.63) is 64.1 Å². The molecule has 106 valence electrons. The first kappa shape index (κ1) is 15.6. The highest BCUT2D eigenvalue weighted by atomic mass is 79.9. The van der Waals surface area contributed by atoms with E-state index in [0.717, 1.165) is 23.1 Å². The summed E-state index contributed by atoms with van der Waals surface area (Å²) in [6, 6.07) is 17.3. The van der Waals surface area contributed by atoms with Gasteiger partial charge in [-0.15, -0.1) is 11.8 Å². The molecule has 1 atom stereocenters. The summed E-state index contributed by atoms with van der Waals surface area (Å²) in [6.07, 6.45) is 1.95. The molecule has 0 heterocycles. The summed E-state index contributed by atoms with van der Waals surface area (Å²) < 4.78 is 1.12. The molecule has 2 aromatic carbocycles. The van der Waals surface area contributed by atoms with Gasteiger partial charge >= 0.3 is 0 Å². The van der Waals surface area contributed by atoms with Crippen LogP contribution in [0.1, 0.15) is 24.5 Å². The summed E-state index contributed by atoms with van der Waals surface area (Å²) >= 11 is 5.44. The lowest BCUT2D eigenvalue weighted by Crippen LogP contribution is -2.21. The molecule has 0 spiro atoms. The lowest BCUT2D eigenvalue weighted by atomic mass is 10.1. The fourth-order valence-electron chi connectivity index (χ4n) is 2.01. The summed E-state index contributed by atoms with van der Waals surface area (Å²) in [5.41, 5.74) is 8.80. The highest BCUT2D eigenvalue weighted by Crippen LogP contribution is 2.29. The predicted octanol–water partition coefficient (Wildman–Crippen LogP) is 5.02. The van der Waals surface area contributed by atoms with Crippen LogP contribution in [0.15, 0.2) is 57.9 Å². The van der Waals surface area contributed by atoms with Crippen molar-refractivity contribution >= 4 is 27.7 Å². The maximum absolute atomic E-state index is 6.11. The predicted molar refractivity (Wildman–Crippen MR) is 92.1 cm³/mol. The molecule has 0 saturated carbocycles. The molecule has 1 unspecified atom stereocenters. The Morgan fingerprint density at radius 2 is 1.90 bits per heavy atom. The molecule has 1 nitrogen and oxygen atoms in total. The minimum Gasteiger partial charge on any atom is -0.327 e. The van der Waals surface area contributed by atoms with E-state index in [0.29, 0.717) is 0 Å². The van der Waals surface area contributed by atoms with Crippen LogP contribution in [0, 0.1) is 0 Å². The van der Waals surface area contributed by atoms with Gasteiger partial charge in [0.1, 0.15) is 0 Å². The fourth-order valence-corrected chi connectivity index (χ4v) is 3.43. The van der Waals surface area contributed by atoms with Crippen LogP contribution >= 0.6 is 27.7 Å². The number of rotatable bonds is 6. The Morgan fingerprint density at radius 1 is 1.15 bits per heavy atom. The molecule has 2 N–H and O–H groups in total. The highest BCUT2D eigenvalue weighted by Gasteiger charge is 2.08. The van der Waals surface area contributed by atoms with Gasteiger partial charge in [0.15, 0.2) is 0 Å². The molecule has 20 heavy (non-hydrogen) atoms. The zero-order valence-corrected chi connectivity index (χ0v) is 14.1. The molecule has 0 radical (unpaired) electrons. The van der Waals surface area contributed by atoms with Crippen molar-refractivity contribution in [3.8, 4) is 0 Å². The summed E-state index contributed by atoms with van der Waals surface area (Å²) in [5.74, 6) is 0.997. The van der Waals surface area contributed by atoms with Crippen LogP contribution in [0.2, 0.25) is 0 Å². The molecule has 0 aromatic heterocycles. The third kappa shape index (κ3) is 4.65. The Kier molecular flexibility index (Phi) is 6.14. The van der Waals surface area contributed by atoms with Crippen LogP contribution in [0.4, 0.5) is 0 Å². The van der Waals surface area contributed by atoms with E-state index in [4.69, 9.17) is 5.73 Å². The number of hydrogen-bond acceptors (Lipinski definition) is 2. The lowest BCUT2D eigenvalue weighted by molar-refractivity contribution is 0.641. The highest BCUT2D eigenvalue weighted by molar-refractivity contribution is 9.10. The number of nitrogens with two attached hydrogens (primary N) is 1. The Balaban J connectivity index is 2.10. The molecule has 2 aromatic rings. The molecular weight excluding hydrogens is 330 g/mol. The van der Waals surface area contributed by atoms with E-state index in [2.05, 4.69) is 71.4 Å². The summed E-state index contributed by atoms with van der Waals surface area (Å²) in [7, 11) is 0. The van der Waals surface area contributed by atoms with E-state index >= 15 is 0 Å². The third-order valence-corrected chi connectivity index (χ3v) is 4.95. The van der Waals surface area contributed by atoms with Crippen LogP contribution < -0.4 is 5.73 Å². The molecule has 0 aliphatic carbocycles. The Bertz CT molecular complexity index is 542. The van der Waals surface area contributed by atoms with Gasteiger partial charge in [0.2, 0.25) is 0 Å². The number of benzene rings is 2. The van der Waals surface area contributed by atoms with E-state index in [-0.39, 0.29) is 6.04 Å². The first-order chi connectivity index (χ1) is 9.69. The van der Waals surface area contributed by atoms with Gasteiger partial charge in [-0.05, 0) is 42.2 Å². The van der Waals surface area contributed by atoms with Gasteiger partial charge < -0.3 is 5.73 Å². The van der Waals surface area contributed by atoms with Gasteiger partial charge in [-0.25, -0.2) is 0 Å². The van der Waals surface area contributed by atoms with Gasteiger partial charge in [0.05, 0.1) is 0 Å². The summed E-state index contributed by atoms with van der Waals surface area (Å²) in [6.45, 7) is 2.14. The van der Waals surface area contributed by atoms with E-state index in [1.165, 1.54) is 16.0 Å². The molecule has 3 heteroatoms. The molecule has 2 rings (SSSR count). The van der Waals surface area contributed by atoms with Crippen LogP contribution in [0.5, 0.6) is 0 Å². The van der Waals surface area contributed by atoms with Crippen LogP contribution in [-0.4, -0.2) is 6.04 Å². The van der Waals surface area contributed by atoms with E-state index in [1.807, 2.05) is 11.8 Å². The van der Waals surface area contributed by atoms with E-state index in [9.17, 15) is 0 Å². The van der Waals surface area contributed by atoms with Crippen molar-refractivity contribution in [3.63, 3.8) is 0 Å². The monoisotopic (exact) mass is 349 g/mol. The van der Waals surface area contributed by atoms with Crippen molar-refractivity contribution in [1.29, 1.82) is 0 Å². The van der Waals surface area contributed by atoms with Crippen molar-refractivity contribution in [2.24, 2.45) is 5.73 Å². The Morgan fingerprint density at radius 3 is 2.60 bits per heavy atom. The number of hydrogen-bond donors (Lipinski definition) is 1. The average molecular weight is 350 g/mol. The first-order valence-corrected chi connectivity index (χ1v) is 8.67. The topological polar surface area (TPSA) is 26.0 Å². The maximum atomic E-state index is 6.11. The minimum absolute atomic E-state index is 0.236. The second-order valence-corrected chi connectivity index (χ2v) is 6.83. The quantitative estimate of drug-likeness (QED) is 0.740. The molecule has 0 bridgehead atoms. The second-order valence-electron chi connectivity index (χ2n) is 4.90. The summed E-state index contributed by atoms with van der Waals surface area (Å²) in [5, 5.41) is 0. The summed E-state index contributed by atoms with van der Waals surface area (Å²) in [4.78, 5) is 1.33. The van der Waals surface area contributed by atoms with Crippen molar-refractivity contribution in [2.75, 3.05) is 0 Å². The van der Waals surface area contributed by atoms with Crippen molar-refractivity contribution in [1.82, 2.24) is 0 Å². The largest absolute Gasteiger partial charge is 0.327 e. The van der Waals surface area contributed by atoms with E-state index < -0.39 is 0 Å². The molecule has 0 amide bonds.